The highest BCUT2D eigenvalue weighted by Crippen LogP contribution is 2.25. The number of rotatable bonds is 3. The molecule has 0 atom stereocenters. The molecule has 0 fully saturated rings. The summed E-state index contributed by atoms with van der Waals surface area (Å²) in [4.78, 5) is 0. The fourth-order valence-electron chi connectivity index (χ4n) is 2.10. The van der Waals surface area contributed by atoms with Crippen LogP contribution in [0.15, 0.2) is 41.8 Å². The second kappa shape index (κ2) is 5.51. The molecule has 3 rings (SSSR count). The van der Waals surface area contributed by atoms with Crippen LogP contribution in [0.5, 0.6) is 0 Å². The standard InChI is InChI=1S/C16H10F2N2S/c17-14-5-10(8-19)6-15(18)13(14)9-20-12-1-2-16-11(7-12)3-4-21-16/h1-7,20H,9H2. The van der Waals surface area contributed by atoms with Crippen molar-refractivity contribution >= 4 is 27.1 Å². The zero-order valence-electron chi connectivity index (χ0n) is 10.9. The molecule has 2 aromatic carbocycles. The number of nitrogens with one attached hydrogen (secondary N) is 1. The molecule has 21 heavy (non-hydrogen) atoms. The highest BCUT2D eigenvalue weighted by atomic mass is 32.1. The van der Waals surface area contributed by atoms with Crippen LogP contribution in [0.3, 0.4) is 0 Å². The lowest BCUT2D eigenvalue weighted by atomic mass is 10.1. The molecule has 0 radical (unpaired) electrons. The first-order chi connectivity index (χ1) is 10.2. The van der Waals surface area contributed by atoms with Gasteiger partial charge in [0.05, 0.1) is 11.6 Å². The largest absolute Gasteiger partial charge is 0.381 e. The predicted octanol–water partition coefficient (Wildman–Crippen LogP) is 4.66. The predicted molar refractivity (Wildman–Crippen MR) is 80.2 cm³/mol. The van der Waals surface area contributed by atoms with Crippen LogP contribution in [0.25, 0.3) is 10.1 Å². The van der Waals surface area contributed by atoms with Gasteiger partial charge in [0.2, 0.25) is 0 Å². The SMILES string of the molecule is N#Cc1cc(F)c(CNc2ccc3sccc3c2)c(F)c1. The summed E-state index contributed by atoms with van der Waals surface area (Å²) in [5.74, 6) is -1.42. The lowest BCUT2D eigenvalue weighted by Gasteiger charge is -2.09. The number of benzene rings is 2. The zero-order valence-corrected chi connectivity index (χ0v) is 11.7. The molecule has 1 heterocycles. The summed E-state index contributed by atoms with van der Waals surface area (Å²) in [7, 11) is 0. The minimum absolute atomic E-state index is 0.0200. The molecule has 2 nitrogen and oxygen atoms in total. The normalized spacial score (nSPS) is 10.5. The van der Waals surface area contributed by atoms with E-state index in [1.807, 2.05) is 29.6 Å². The van der Waals surface area contributed by atoms with Crippen molar-refractivity contribution in [1.82, 2.24) is 0 Å². The Hall–Kier alpha value is -2.45. The highest BCUT2D eigenvalue weighted by molar-refractivity contribution is 7.17. The molecular weight excluding hydrogens is 290 g/mol. The minimum atomic E-state index is -0.712. The van der Waals surface area contributed by atoms with E-state index in [0.29, 0.717) is 0 Å². The zero-order chi connectivity index (χ0) is 14.8. The molecule has 1 N–H and O–H groups in total. The molecule has 0 aliphatic heterocycles. The Morgan fingerprint density at radius 3 is 2.57 bits per heavy atom. The molecule has 0 unspecified atom stereocenters. The molecule has 3 aromatic rings. The van der Waals surface area contributed by atoms with Gasteiger partial charge in [-0.15, -0.1) is 11.3 Å². The molecule has 0 aliphatic rings. The molecule has 104 valence electrons. The molecule has 1 aromatic heterocycles. The van der Waals surface area contributed by atoms with Crippen molar-refractivity contribution in [2.24, 2.45) is 0 Å². The number of hydrogen-bond donors (Lipinski definition) is 1. The van der Waals surface area contributed by atoms with Crippen LogP contribution in [-0.4, -0.2) is 0 Å². The van der Waals surface area contributed by atoms with Crippen molar-refractivity contribution < 1.29 is 8.78 Å². The van der Waals surface area contributed by atoms with E-state index in [9.17, 15) is 8.78 Å². The highest BCUT2D eigenvalue weighted by Gasteiger charge is 2.11. The molecule has 0 aliphatic carbocycles. The summed E-state index contributed by atoms with van der Waals surface area (Å²) in [5.41, 5.74) is 0.705. The van der Waals surface area contributed by atoms with E-state index in [-0.39, 0.29) is 17.7 Å². The quantitative estimate of drug-likeness (QED) is 0.763. The van der Waals surface area contributed by atoms with Gasteiger partial charge in [0.25, 0.3) is 0 Å². The Kier molecular flexibility index (Phi) is 3.55. The van der Waals surface area contributed by atoms with Gasteiger partial charge in [0, 0.05) is 22.5 Å². The van der Waals surface area contributed by atoms with Gasteiger partial charge in [-0.3, -0.25) is 0 Å². The van der Waals surface area contributed by atoms with Crippen LogP contribution in [0, 0.1) is 23.0 Å². The summed E-state index contributed by atoms with van der Waals surface area (Å²) in [6, 6.07) is 11.6. The average molecular weight is 300 g/mol. The van der Waals surface area contributed by atoms with Crippen LogP contribution >= 0.6 is 11.3 Å². The monoisotopic (exact) mass is 300 g/mol. The first-order valence-electron chi connectivity index (χ1n) is 6.26. The van der Waals surface area contributed by atoms with Gasteiger partial charge in [-0.05, 0) is 47.2 Å². The first kappa shape index (κ1) is 13.5. The maximum atomic E-state index is 13.8. The van der Waals surface area contributed by atoms with E-state index in [2.05, 4.69) is 5.32 Å². The van der Waals surface area contributed by atoms with Gasteiger partial charge >= 0.3 is 0 Å². The van der Waals surface area contributed by atoms with E-state index >= 15 is 0 Å². The lowest BCUT2D eigenvalue weighted by molar-refractivity contribution is 0.559. The molecule has 0 amide bonds. The van der Waals surface area contributed by atoms with E-state index in [1.165, 1.54) is 0 Å². The van der Waals surface area contributed by atoms with Crippen LogP contribution < -0.4 is 5.32 Å². The topological polar surface area (TPSA) is 35.8 Å². The number of anilines is 1. The van der Waals surface area contributed by atoms with Crippen molar-refractivity contribution in [2.45, 2.75) is 6.54 Å². The van der Waals surface area contributed by atoms with E-state index in [0.717, 1.165) is 27.9 Å². The summed E-state index contributed by atoms with van der Waals surface area (Å²) in [5, 5.41) is 14.8. The number of nitrogens with zero attached hydrogens (tertiary/aromatic N) is 1. The first-order valence-corrected chi connectivity index (χ1v) is 7.14. The molecule has 0 bridgehead atoms. The van der Waals surface area contributed by atoms with Gasteiger partial charge in [-0.1, -0.05) is 0 Å². The second-order valence-electron chi connectivity index (χ2n) is 4.56. The minimum Gasteiger partial charge on any atom is -0.381 e. The number of thiophene rings is 1. The summed E-state index contributed by atoms with van der Waals surface area (Å²) >= 11 is 1.64. The third-order valence-corrected chi connectivity index (χ3v) is 4.09. The van der Waals surface area contributed by atoms with Crippen molar-refractivity contribution in [2.75, 3.05) is 5.32 Å². The molecule has 0 spiro atoms. The Labute approximate surface area is 124 Å². The van der Waals surface area contributed by atoms with Crippen LogP contribution in [0.2, 0.25) is 0 Å². The van der Waals surface area contributed by atoms with E-state index < -0.39 is 11.6 Å². The Morgan fingerprint density at radius 2 is 1.86 bits per heavy atom. The van der Waals surface area contributed by atoms with Crippen LogP contribution in [0.4, 0.5) is 14.5 Å². The maximum absolute atomic E-state index is 13.8. The number of fused-ring (bicyclic) bond motifs is 1. The molecule has 0 saturated heterocycles. The van der Waals surface area contributed by atoms with E-state index in [4.69, 9.17) is 5.26 Å². The third-order valence-electron chi connectivity index (χ3n) is 3.19. The van der Waals surface area contributed by atoms with Gasteiger partial charge in [0.15, 0.2) is 0 Å². The third kappa shape index (κ3) is 2.71. The lowest BCUT2D eigenvalue weighted by Crippen LogP contribution is -2.05. The van der Waals surface area contributed by atoms with Gasteiger partial charge in [-0.25, -0.2) is 8.78 Å². The Balaban J connectivity index is 1.83. The summed E-state index contributed by atoms with van der Waals surface area (Å²) in [6.07, 6.45) is 0. The smallest absolute Gasteiger partial charge is 0.132 e. The fraction of sp³-hybridized carbons (Fsp3) is 0.0625. The molecule has 0 saturated carbocycles. The van der Waals surface area contributed by atoms with E-state index in [1.54, 1.807) is 17.4 Å². The van der Waals surface area contributed by atoms with Crippen molar-refractivity contribution in [3.8, 4) is 6.07 Å². The summed E-state index contributed by atoms with van der Waals surface area (Å²) in [6.45, 7) is 0.0268. The Morgan fingerprint density at radius 1 is 1.10 bits per heavy atom. The van der Waals surface area contributed by atoms with Gasteiger partial charge < -0.3 is 5.32 Å². The van der Waals surface area contributed by atoms with Crippen LogP contribution in [0.1, 0.15) is 11.1 Å². The number of halogens is 2. The second-order valence-corrected chi connectivity index (χ2v) is 5.50. The maximum Gasteiger partial charge on any atom is 0.132 e. The average Bonchev–Trinajstić information content (AvgIpc) is 2.93. The van der Waals surface area contributed by atoms with Gasteiger partial charge in [0.1, 0.15) is 11.6 Å². The van der Waals surface area contributed by atoms with Gasteiger partial charge in [-0.2, -0.15) is 5.26 Å². The summed E-state index contributed by atoms with van der Waals surface area (Å²) < 4.78 is 28.7. The van der Waals surface area contributed by atoms with Crippen molar-refractivity contribution in [3.63, 3.8) is 0 Å². The molecular formula is C16H10F2N2S. The van der Waals surface area contributed by atoms with Crippen LogP contribution in [-0.2, 0) is 6.54 Å². The number of hydrogen-bond acceptors (Lipinski definition) is 3. The number of nitriles is 1. The van der Waals surface area contributed by atoms with Crippen molar-refractivity contribution in [1.29, 1.82) is 5.26 Å². The van der Waals surface area contributed by atoms with Crippen molar-refractivity contribution in [3.05, 3.63) is 64.5 Å². The Bertz CT molecular complexity index is 826. The fourth-order valence-corrected chi connectivity index (χ4v) is 2.87. The molecule has 5 heteroatoms.